The van der Waals surface area contributed by atoms with E-state index in [0.717, 1.165) is 11.4 Å². The minimum Gasteiger partial charge on any atom is -0.399 e. The van der Waals surface area contributed by atoms with Gasteiger partial charge in [-0.25, -0.2) is 0 Å². The third-order valence-corrected chi connectivity index (χ3v) is 3.16. The highest BCUT2D eigenvalue weighted by molar-refractivity contribution is 5.55. The first-order valence-corrected chi connectivity index (χ1v) is 5.37. The molecular formula is C11H18N4O. The molecule has 0 saturated carbocycles. The second-order valence-electron chi connectivity index (χ2n) is 4.24. The summed E-state index contributed by atoms with van der Waals surface area (Å²) in [6.07, 6.45) is 0. The van der Waals surface area contributed by atoms with Crippen LogP contribution in [-0.4, -0.2) is 36.4 Å². The number of nitrogens with zero attached hydrogens (tertiary/aromatic N) is 1. The Labute approximate surface area is 94.8 Å². The molecule has 1 heterocycles. The predicted octanol–water partition coefficient (Wildman–Crippen LogP) is -0.896. The Morgan fingerprint density at radius 1 is 1.25 bits per heavy atom. The summed E-state index contributed by atoms with van der Waals surface area (Å²) in [4.78, 5) is 2.04. The monoisotopic (exact) mass is 222 g/mol. The fourth-order valence-corrected chi connectivity index (χ4v) is 2.16. The van der Waals surface area contributed by atoms with Gasteiger partial charge in [-0.15, -0.1) is 0 Å². The van der Waals surface area contributed by atoms with E-state index in [4.69, 9.17) is 17.2 Å². The molecule has 3 atom stereocenters. The Morgan fingerprint density at radius 2 is 1.88 bits per heavy atom. The van der Waals surface area contributed by atoms with Crippen LogP contribution in [0.1, 0.15) is 0 Å². The number of hydrogen-bond acceptors (Lipinski definition) is 5. The number of anilines is 2. The molecular weight excluding hydrogens is 204 g/mol. The van der Waals surface area contributed by atoms with Crippen LogP contribution < -0.4 is 22.1 Å². The van der Waals surface area contributed by atoms with E-state index in [-0.39, 0.29) is 24.7 Å². The highest BCUT2D eigenvalue weighted by atomic mass is 16.3. The lowest BCUT2D eigenvalue weighted by Crippen LogP contribution is -2.46. The zero-order chi connectivity index (χ0) is 11.7. The molecule has 0 aliphatic carbocycles. The van der Waals surface area contributed by atoms with E-state index in [1.807, 2.05) is 29.2 Å². The normalized spacial score (nSPS) is 29.7. The van der Waals surface area contributed by atoms with Crippen molar-refractivity contribution in [1.29, 1.82) is 0 Å². The quantitative estimate of drug-likeness (QED) is 0.486. The standard InChI is InChI=1S/C11H18N4O/c12-7-1-3-8(4-2-7)15-5-9(13)11(14)10(15)6-16/h1-4,9-11,16H,5-6,12-14H2. The summed E-state index contributed by atoms with van der Waals surface area (Å²) < 4.78 is 0. The van der Waals surface area contributed by atoms with Gasteiger partial charge in [0.25, 0.3) is 0 Å². The first kappa shape index (κ1) is 11.2. The highest BCUT2D eigenvalue weighted by Gasteiger charge is 2.37. The summed E-state index contributed by atoms with van der Waals surface area (Å²) in [7, 11) is 0. The van der Waals surface area contributed by atoms with E-state index in [1.165, 1.54) is 0 Å². The molecule has 5 nitrogen and oxygen atoms in total. The van der Waals surface area contributed by atoms with Crippen LogP contribution in [0.25, 0.3) is 0 Å². The van der Waals surface area contributed by atoms with Crippen LogP contribution in [-0.2, 0) is 0 Å². The van der Waals surface area contributed by atoms with Crippen molar-refractivity contribution >= 4 is 11.4 Å². The second-order valence-corrected chi connectivity index (χ2v) is 4.24. The van der Waals surface area contributed by atoms with Gasteiger partial charge in [-0.1, -0.05) is 0 Å². The van der Waals surface area contributed by atoms with E-state index in [2.05, 4.69) is 0 Å². The molecule has 1 aromatic rings. The maximum atomic E-state index is 9.34. The first-order valence-electron chi connectivity index (χ1n) is 5.37. The molecule has 3 unspecified atom stereocenters. The molecule has 0 radical (unpaired) electrons. The first-order chi connectivity index (χ1) is 7.63. The molecule has 1 saturated heterocycles. The summed E-state index contributed by atoms with van der Waals surface area (Å²) in [6.45, 7) is 0.676. The Balaban J connectivity index is 2.23. The van der Waals surface area contributed by atoms with Gasteiger partial charge in [-0.05, 0) is 24.3 Å². The number of aliphatic hydroxyl groups excluding tert-OH is 1. The van der Waals surface area contributed by atoms with Crippen molar-refractivity contribution in [2.24, 2.45) is 11.5 Å². The molecule has 1 aromatic carbocycles. The fourth-order valence-electron chi connectivity index (χ4n) is 2.16. The Bertz CT molecular complexity index is 354. The number of benzene rings is 1. The second kappa shape index (κ2) is 4.29. The lowest BCUT2D eigenvalue weighted by molar-refractivity contribution is 0.255. The third-order valence-electron chi connectivity index (χ3n) is 3.16. The van der Waals surface area contributed by atoms with E-state index in [0.29, 0.717) is 6.54 Å². The summed E-state index contributed by atoms with van der Waals surface area (Å²) in [5.41, 5.74) is 19.2. The lowest BCUT2D eigenvalue weighted by atomic mass is 10.1. The molecule has 0 amide bonds. The minimum atomic E-state index is -0.192. The van der Waals surface area contributed by atoms with Crippen LogP contribution in [0.15, 0.2) is 24.3 Å². The summed E-state index contributed by atoms with van der Waals surface area (Å²) in [5, 5.41) is 9.34. The Kier molecular flexibility index (Phi) is 3.00. The van der Waals surface area contributed by atoms with Gasteiger partial charge in [0, 0.05) is 30.0 Å². The summed E-state index contributed by atoms with van der Waals surface area (Å²) in [5.74, 6) is 0. The molecule has 1 fully saturated rings. The van der Waals surface area contributed by atoms with Crippen LogP contribution in [0.5, 0.6) is 0 Å². The molecule has 7 N–H and O–H groups in total. The Hall–Kier alpha value is -1.30. The number of nitrogens with two attached hydrogens (primary N) is 3. The van der Waals surface area contributed by atoms with Crippen molar-refractivity contribution < 1.29 is 5.11 Å². The number of rotatable bonds is 2. The van der Waals surface area contributed by atoms with Crippen molar-refractivity contribution in [3.8, 4) is 0 Å². The fraction of sp³-hybridized carbons (Fsp3) is 0.455. The molecule has 1 aliphatic heterocycles. The van der Waals surface area contributed by atoms with Gasteiger partial charge in [0.15, 0.2) is 0 Å². The topological polar surface area (TPSA) is 102 Å². The van der Waals surface area contributed by atoms with Crippen molar-refractivity contribution in [2.75, 3.05) is 23.8 Å². The van der Waals surface area contributed by atoms with Gasteiger partial charge in [-0.3, -0.25) is 0 Å². The smallest absolute Gasteiger partial charge is 0.0688 e. The van der Waals surface area contributed by atoms with Gasteiger partial charge in [0.2, 0.25) is 0 Å². The molecule has 0 aromatic heterocycles. The van der Waals surface area contributed by atoms with Crippen LogP contribution in [0.3, 0.4) is 0 Å². The van der Waals surface area contributed by atoms with E-state index in [1.54, 1.807) is 0 Å². The van der Waals surface area contributed by atoms with E-state index in [9.17, 15) is 5.11 Å². The van der Waals surface area contributed by atoms with Crippen molar-refractivity contribution in [3.05, 3.63) is 24.3 Å². The molecule has 0 spiro atoms. The zero-order valence-corrected chi connectivity index (χ0v) is 9.08. The molecule has 0 bridgehead atoms. The van der Waals surface area contributed by atoms with Gasteiger partial charge in [0.05, 0.1) is 12.6 Å². The van der Waals surface area contributed by atoms with Gasteiger partial charge >= 0.3 is 0 Å². The molecule has 1 aliphatic rings. The zero-order valence-electron chi connectivity index (χ0n) is 9.08. The minimum absolute atomic E-state index is 0.0131. The van der Waals surface area contributed by atoms with Gasteiger partial charge in [-0.2, -0.15) is 0 Å². The average Bonchev–Trinajstić information content (AvgIpc) is 2.56. The average molecular weight is 222 g/mol. The van der Waals surface area contributed by atoms with Crippen LogP contribution in [0, 0.1) is 0 Å². The predicted molar refractivity (Wildman–Crippen MR) is 65.0 cm³/mol. The van der Waals surface area contributed by atoms with Crippen LogP contribution in [0.4, 0.5) is 11.4 Å². The SMILES string of the molecule is Nc1ccc(N2CC(N)C(N)C2CO)cc1. The van der Waals surface area contributed by atoms with Gasteiger partial charge in [0.1, 0.15) is 0 Å². The van der Waals surface area contributed by atoms with E-state index >= 15 is 0 Å². The van der Waals surface area contributed by atoms with Gasteiger partial charge < -0.3 is 27.2 Å². The summed E-state index contributed by atoms with van der Waals surface area (Å²) >= 11 is 0. The Morgan fingerprint density at radius 3 is 2.44 bits per heavy atom. The van der Waals surface area contributed by atoms with Crippen LogP contribution >= 0.6 is 0 Å². The number of aliphatic hydroxyl groups is 1. The third kappa shape index (κ3) is 1.84. The number of nitrogen functional groups attached to an aromatic ring is 1. The van der Waals surface area contributed by atoms with Crippen molar-refractivity contribution in [1.82, 2.24) is 0 Å². The van der Waals surface area contributed by atoms with E-state index < -0.39 is 0 Å². The molecule has 16 heavy (non-hydrogen) atoms. The maximum Gasteiger partial charge on any atom is 0.0688 e. The van der Waals surface area contributed by atoms with Crippen molar-refractivity contribution in [2.45, 2.75) is 18.1 Å². The lowest BCUT2D eigenvalue weighted by Gasteiger charge is -2.26. The largest absolute Gasteiger partial charge is 0.399 e. The maximum absolute atomic E-state index is 9.34. The molecule has 5 heteroatoms. The highest BCUT2D eigenvalue weighted by Crippen LogP contribution is 2.25. The molecule has 88 valence electrons. The van der Waals surface area contributed by atoms with Crippen LogP contribution in [0.2, 0.25) is 0 Å². The molecule has 2 rings (SSSR count). The van der Waals surface area contributed by atoms with Crippen molar-refractivity contribution in [3.63, 3.8) is 0 Å². The summed E-state index contributed by atoms with van der Waals surface area (Å²) in [6, 6.07) is 7.10. The number of hydrogen-bond donors (Lipinski definition) is 4.